The summed E-state index contributed by atoms with van der Waals surface area (Å²) in [5.41, 5.74) is 0. The predicted molar refractivity (Wildman–Crippen MR) is 52.3 cm³/mol. The first-order valence-electron chi connectivity index (χ1n) is 5.47. The molecule has 0 N–H and O–H groups in total. The van der Waals surface area contributed by atoms with Crippen LogP contribution in [0.1, 0.15) is 38.5 Å². The highest BCUT2D eigenvalue weighted by Crippen LogP contribution is 2.35. The molecule has 2 saturated carbocycles. The molecule has 3 nitrogen and oxygen atoms in total. The Labute approximate surface area is 84.7 Å². The van der Waals surface area contributed by atoms with Gasteiger partial charge in [0.25, 0.3) is 0 Å². The first kappa shape index (κ1) is 9.51. The van der Waals surface area contributed by atoms with E-state index in [9.17, 15) is 4.79 Å². The maximum Gasteiger partial charge on any atom is 0.223 e. The summed E-state index contributed by atoms with van der Waals surface area (Å²) < 4.78 is 0. The van der Waals surface area contributed by atoms with Crippen molar-refractivity contribution >= 4 is 5.91 Å². The van der Waals surface area contributed by atoms with E-state index in [1.165, 1.54) is 12.8 Å². The summed E-state index contributed by atoms with van der Waals surface area (Å²) in [7, 11) is 0. The Morgan fingerprint density at radius 2 is 2.07 bits per heavy atom. The van der Waals surface area contributed by atoms with E-state index in [0.717, 1.165) is 19.3 Å². The fraction of sp³-hybridized carbons (Fsp3) is 0.818. The topological polar surface area (TPSA) is 44.1 Å². The molecule has 2 fully saturated rings. The van der Waals surface area contributed by atoms with Crippen LogP contribution in [0.5, 0.6) is 0 Å². The molecule has 2 rings (SSSR count). The van der Waals surface area contributed by atoms with Crippen LogP contribution in [0.3, 0.4) is 0 Å². The molecule has 3 heteroatoms. The van der Waals surface area contributed by atoms with E-state index >= 15 is 0 Å². The van der Waals surface area contributed by atoms with Crippen LogP contribution in [0.15, 0.2) is 0 Å². The second-order valence-corrected chi connectivity index (χ2v) is 4.37. The van der Waals surface area contributed by atoms with E-state index in [2.05, 4.69) is 6.07 Å². The van der Waals surface area contributed by atoms with Gasteiger partial charge in [0.05, 0.1) is 12.5 Å². The smallest absolute Gasteiger partial charge is 0.223 e. The Hall–Kier alpha value is -1.04. The lowest BCUT2D eigenvalue weighted by molar-refractivity contribution is -0.132. The highest BCUT2D eigenvalue weighted by Gasteiger charge is 2.34. The number of nitrogens with zero attached hydrogens (tertiary/aromatic N) is 2. The molecule has 14 heavy (non-hydrogen) atoms. The number of carbonyl (C=O) groups excluding carboxylic acids is 1. The van der Waals surface area contributed by atoms with Gasteiger partial charge in [-0.2, -0.15) is 5.26 Å². The predicted octanol–water partition coefficient (Wildman–Crippen LogP) is 1.69. The first-order chi connectivity index (χ1) is 6.81. The molecule has 0 saturated heterocycles. The van der Waals surface area contributed by atoms with Gasteiger partial charge in [-0.3, -0.25) is 4.79 Å². The Bertz CT molecular complexity index is 261. The zero-order valence-electron chi connectivity index (χ0n) is 8.41. The van der Waals surface area contributed by atoms with E-state index in [4.69, 9.17) is 5.26 Å². The molecule has 2 aliphatic rings. The highest BCUT2D eigenvalue weighted by molar-refractivity contribution is 5.77. The van der Waals surface area contributed by atoms with E-state index in [1.54, 1.807) is 0 Å². The highest BCUT2D eigenvalue weighted by atomic mass is 16.2. The van der Waals surface area contributed by atoms with E-state index < -0.39 is 0 Å². The lowest BCUT2D eigenvalue weighted by Crippen LogP contribution is -2.34. The van der Waals surface area contributed by atoms with Crippen LogP contribution in [0.2, 0.25) is 0 Å². The van der Waals surface area contributed by atoms with Gasteiger partial charge in [0.15, 0.2) is 0 Å². The van der Waals surface area contributed by atoms with Crippen molar-refractivity contribution in [3.63, 3.8) is 0 Å². The van der Waals surface area contributed by atoms with Gasteiger partial charge in [-0.25, -0.2) is 0 Å². The Balaban J connectivity index is 1.81. The lowest BCUT2D eigenvalue weighted by Gasteiger charge is -2.20. The average Bonchev–Trinajstić information content (AvgIpc) is 2.98. The van der Waals surface area contributed by atoms with Crippen molar-refractivity contribution in [2.45, 2.75) is 44.6 Å². The quantitative estimate of drug-likeness (QED) is 0.665. The molecule has 0 atom stereocenters. The zero-order valence-corrected chi connectivity index (χ0v) is 8.41. The standard InChI is InChI=1S/C11H16N2O/c12-6-1-7-13(10-4-5-10)11(14)8-9-2-3-9/h9-10H,1-5,7-8H2. The minimum atomic E-state index is 0.283. The van der Waals surface area contributed by atoms with Crippen molar-refractivity contribution in [3.8, 4) is 6.07 Å². The largest absolute Gasteiger partial charge is 0.339 e. The van der Waals surface area contributed by atoms with E-state index in [0.29, 0.717) is 24.9 Å². The van der Waals surface area contributed by atoms with Crippen molar-refractivity contribution in [1.29, 1.82) is 5.26 Å². The average molecular weight is 192 g/mol. The van der Waals surface area contributed by atoms with Crippen LogP contribution in [0, 0.1) is 17.2 Å². The van der Waals surface area contributed by atoms with Gasteiger partial charge in [-0.1, -0.05) is 0 Å². The van der Waals surface area contributed by atoms with Crippen LogP contribution in [-0.4, -0.2) is 23.4 Å². The van der Waals surface area contributed by atoms with Gasteiger partial charge in [-0.05, 0) is 31.6 Å². The van der Waals surface area contributed by atoms with Crippen LogP contribution >= 0.6 is 0 Å². The number of carbonyl (C=O) groups is 1. The molecule has 2 aliphatic carbocycles. The first-order valence-corrected chi connectivity index (χ1v) is 5.47. The number of amides is 1. The fourth-order valence-corrected chi connectivity index (χ4v) is 1.75. The van der Waals surface area contributed by atoms with Gasteiger partial charge < -0.3 is 4.90 Å². The molecular formula is C11H16N2O. The summed E-state index contributed by atoms with van der Waals surface area (Å²) in [6.45, 7) is 0.646. The second kappa shape index (κ2) is 4.00. The Morgan fingerprint density at radius 1 is 1.36 bits per heavy atom. The van der Waals surface area contributed by atoms with Crippen molar-refractivity contribution in [2.24, 2.45) is 5.92 Å². The molecule has 0 aromatic carbocycles. The third-order valence-corrected chi connectivity index (χ3v) is 2.93. The molecule has 0 aromatic rings. The summed E-state index contributed by atoms with van der Waals surface area (Å²) in [6.07, 6.45) is 5.93. The molecule has 0 bridgehead atoms. The van der Waals surface area contributed by atoms with Crippen molar-refractivity contribution in [3.05, 3.63) is 0 Å². The molecule has 1 amide bonds. The summed E-state index contributed by atoms with van der Waals surface area (Å²) in [5, 5.41) is 8.51. The molecule has 0 aromatic heterocycles. The molecule has 0 spiro atoms. The zero-order chi connectivity index (χ0) is 9.97. The monoisotopic (exact) mass is 192 g/mol. The van der Waals surface area contributed by atoms with Crippen LogP contribution in [0.4, 0.5) is 0 Å². The number of hydrogen-bond donors (Lipinski definition) is 0. The molecule has 0 aliphatic heterocycles. The number of nitriles is 1. The van der Waals surface area contributed by atoms with Gasteiger partial charge in [-0.15, -0.1) is 0 Å². The van der Waals surface area contributed by atoms with Crippen LogP contribution < -0.4 is 0 Å². The van der Waals surface area contributed by atoms with Crippen LogP contribution in [-0.2, 0) is 4.79 Å². The SMILES string of the molecule is N#CCCN(C(=O)CC1CC1)C1CC1. The van der Waals surface area contributed by atoms with E-state index in [1.807, 2.05) is 4.90 Å². The summed E-state index contributed by atoms with van der Waals surface area (Å²) in [5.74, 6) is 0.941. The third-order valence-electron chi connectivity index (χ3n) is 2.93. The summed E-state index contributed by atoms with van der Waals surface area (Å²) in [6, 6.07) is 2.58. The Kier molecular flexibility index (Phi) is 2.72. The molecule has 76 valence electrons. The number of hydrogen-bond acceptors (Lipinski definition) is 2. The normalized spacial score (nSPS) is 20.2. The number of rotatable bonds is 5. The lowest BCUT2D eigenvalue weighted by atomic mass is 10.2. The van der Waals surface area contributed by atoms with Crippen molar-refractivity contribution in [1.82, 2.24) is 4.90 Å². The minimum absolute atomic E-state index is 0.283. The van der Waals surface area contributed by atoms with Crippen molar-refractivity contribution in [2.75, 3.05) is 6.54 Å². The maximum absolute atomic E-state index is 11.8. The van der Waals surface area contributed by atoms with Gasteiger partial charge >= 0.3 is 0 Å². The fourth-order valence-electron chi connectivity index (χ4n) is 1.75. The molecular weight excluding hydrogens is 176 g/mol. The molecule has 0 radical (unpaired) electrons. The van der Waals surface area contributed by atoms with Crippen molar-refractivity contribution < 1.29 is 4.79 Å². The molecule has 0 unspecified atom stereocenters. The maximum atomic E-state index is 11.8. The van der Waals surface area contributed by atoms with E-state index in [-0.39, 0.29) is 5.91 Å². The Morgan fingerprint density at radius 3 is 2.57 bits per heavy atom. The second-order valence-electron chi connectivity index (χ2n) is 4.37. The summed E-state index contributed by atoms with van der Waals surface area (Å²) in [4.78, 5) is 13.7. The van der Waals surface area contributed by atoms with Gasteiger partial charge in [0.1, 0.15) is 0 Å². The third kappa shape index (κ3) is 2.47. The van der Waals surface area contributed by atoms with Gasteiger partial charge in [0.2, 0.25) is 5.91 Å². The summed E-state index contributed by atoms with van der Waals surface area (Å²) >= 11 is 0. The van der Waals surface area contributed by atoms with Gasteiger partial charge in [0, 0.05) is 19.0 Å². The molecule has 0 heterocycles. The van der Waals surface area contributed by atoms with Crippen LogP contribution in [0.25, 0.3) is 0 Å². The minimum Gasteiger partial charge on any atom is -0.339 e.